The molecule has 0 unspecified atom stereocenters. The van der Waals surface area contributed by atoms with Crippen LogP contribution in [0.3, 0.4) is 0 Å². The van der Waals surface area contributed by atoms with Crippen molar-refractivity contribution in [1.82, 2.24) is 20.3 Å². The molecular weight excluding hydrogens is 629 g/mol. The Balaban J connectivity index is 1.12. The molecule has 0 spiro atoms. The van der Waals surface area contributed by atoms with Gasteiger partial charge in [-0.15, -0.1) is 0 Å². The molecule has 0 radical (unpaired) electrons. The molecule has 2 aliphatic rings. The molecule has 2 saturated carbocycles. The minimum atomic E-state index is -0.971. The van der Waals surface area contributed by atoms with Gasteiger partial charge < -0.3 is 26.4 Å². The first-order valence-corrected chi connectivity index (χ1v) is 17.5. The van der Waals surface area contributed by atoms with Crippen molar-refractivity contribution in [3.05, 3.63) is 70.0 Å². The van der Waals surface area contributed by atoms with Crippen LogP contribution in [-0.2, 0) is 17.1 Å². The number of thioether (sulfide) groups is 1. The van der Waals surface area contributed by atoms with Crippen LogP contribution in [0.4, 0.5) is 22.2 Å². The predicted molar refractivity (Wildman–Crippen MR) is 181 cm³/mol. The Kier molecular flexibility index (Phi) is 12.3. The van der Waals surface area contributed by atoms with Crippen LogP contribution in [0.15, 0.2) is 42.5 Å². The predicted octanol–water partition coefficient (Wildman–Crippen LogP) is 6.74. The second kappa shape index (κ2) is 16.8. The van der Waals surface area contributed by atoms with Gasteiger partial charge in [0.2, 0.25) is 23.8 Å². The highest BCUT2D eigenvalue weighted by atomic mass is 35.5. The Morgan fingerprint density at radius 2 is 1.52 bits per heavy atom. The molecule has 2 fully saturated rings. The minimum absolute atomic E-state index is 0.0153. The number of hydrogen-bond donors (Lipinski definition) is 5. The Morgan fingerprint density at radius 1 is 0.870 bits per heavy atom. The van der Waals surface area contributed by atoms with Crippen LogP contribution < -0.4 is 21.3 Å². The summed E-state index contributed by atoms with van der Waals surface area (Å²) in [6.45, 7) is 0.955. The van der Waals surface area contributed by atoms with Crippen molar-refractivity contribution < 1.29 is 19.1 Å². The summed E-state index contributed by atoms with van der Waals surface area (Å²) in [6.07, 6.45) is 8.92. The largest absolute Gasteiger partial charge is 0.478 e. The van der Waals surface area contributed by atoms with Crippen LogP contribution >= 0.6 is 23.4 Å². The van der Waals surface area contributed by atoms with Crippen molar-refractivity contribution in [2.75, 3.05) is 28.2 Å². The number of nitrogens with zero attached hydrogens (tertiary/aromatic N) is 3. The molecule has 10 nitrogen and oxygen atoms in total. The molecule has 0 saturated heterocycles. The number of aromatic carboxylic acids is 1. The maximum absolute atomic E-state index is 14.1. The summed E-state index contributed by atoms with van der Waals surface area (Å²) >= 11 is 7.74. The lowest BCUT2D eigenvalue weighted by Crippen LogP contribution is -2.36. The molecule has 2 aliphatic carbocycles. The van der Waals surface area contributed by atoms with Gasteiger partial charge in [0.25, 0.3) is 0 Å². The van der Waals surface area contributed by atoms with Gasteiger partial charge in [0.15, 0.2) is 0 Å². The summed E-state index contributed by atoms with van der Waals surface area (Å²) in [5, 5.41) is 22.8. The third-order valence-corrected chi connectivity index (χ3v) is 9.85. The number of nitrogens with one attached hydrogen (secondary N) is 4. The first-order chi connectivity index (χ1) is 22.3. The lowest BCUT2D eigenvalue weighted by atomic mass is 9.85. The normalized spacial score (nSPS) is 18.5. The van der Waals surface area contributed by atoms with Gasteiger partial charge in [-0.3, -0.25) is 4.79 Å². The van der Waals surface area contributed by atoms with E-state index in [1.165, 1.54) is 25.3 Å². The molecule has 46 heavy (non-hydrogen) atoms. The summed E-state index contributed by atoms with van der Waals surface area (Å²) < 4.78 is 14.1. The van der Waals surface area contributed by atoms with Crippen molar-refractivity contribution in [2.24, 2.45) is 5.92 Å². The monoisotopic (exact) mass is 669 g/mol. The van der Waals surface area contributed by atoms with Crippen molar-refractivity contribution in [3.63, 3.8) is 0 Å². The number of carboxylic acid groups (broad SMARTS) is 1. The van der Waals surface area contributed by atoms with Crippen LogP contribution in [0.25, 0.3) is 0 Å². The SMILES string of the molecule is O=C(O)c1ccc(CNC(=O)C2CCC(Nc3nc(NCCSCc4c(F)cccc4Cl)nc(NC4CCCCC4)n3)CC2)cc1. The molecule has 5 N–H and O–H groups in total. The molecule has 0 atom stereocenters. The Morgan fingerprint density at radius 3 is 2.17 bits per heavy atom. The average molecular weight is 670 g/mol. The maximum atomic E-state index is 14.1. The number of carboxylic acids is 1. The zero-order valence-corrected chi connectivity index (χ0v) is 27.3. The molecule has 5 rings (SSSR count). The molecular formula is C33H41ClFN7O3S. The summed E-state index contributed by atoms with van der Waals surface area (Å²) in [7, 11) is 0. The van der Waals surface area contributed by atoms with Gasteiger partial charge >= 0.3 is 5.97 Å². The lowest BCUT2D eigenvalue weighted by molar-refractivity contribution is -0.126. The summed E-state index contributed by atoms with van der Waals surface area (Å²) in [5.41, 5.74) is 1.60. The third kappa shape index (κ3) is 9.93. The van der Waals surface area contributed by atoms with Gasteiger partial charge in [-0.05, 0) is 68.4 Å². The Labute approximate surface area is 278 Å². The number of halogens is 2. The smallest absolute Gasteiger partial charge is 0.335 e. The molecule has 0 bridgehead atoms. The van der Waals surface area contributed by atoms with Crippen LogP contribution in [0.1, 0.15) is 79.3 Å². The van der Waals surface area contributed by atoms with Gasteiger partial charge in [0.05, 0.1) is 5.56 Å². The summed E-state index contributed by atoms with van der Waals surface area (Å²) in [4.78, 5) is 37.9. The Bertz CT molecular complexity index is 1450. The van der Waals surface area contributed by atoms with E-state index >= 15 is 0 Å². The second-order valence-corrected chi connectivity index (χ2v) is 13.4. The molecule has 1 aromatic heterocycles. The lowest BCUT2D eigenvalue weighted by Gasteiger charge is -2.28. The van der Waals surface area contributed by atoms with Gasteiger partial charge in [0.1, 0.15) is 5.82 Å². The molecule has 13 heteroatoms. The summed E-state index contributed by atoms with van der Waals surface area (Å²) in [5.74, 6) is 1.39. The third-order valence-electron chi connectivity index (χ3n) is 8.51. The molecule has 3 aromatic rings. The quantitative estimate of drug-likeness (QED) is 0.117. The fourth-order valence-electron chi connectivity index (χ4n) is 5.87. The van der Waals surface area contributed by atoms with E-state index in [9.17, 15) is 14.0 Å². The van der Waals surface area contributed by atoms with E-state index in [0.29, 0.717) is 59.1 Å². The fraction of sp³-hybridized carbons (Fsp3) is 0.485. The Hall–Kier alpha value is -3.64. The number of carbonyl (C=O) groups excluding carboxylic acids is 1. The van der Waals surface area contributed by atoms with E-state index in [4.69, 9.17) is 21.7 Å². The zero-order chi connectivity index (χ0) is 32.3. The molecule has 246 valence electrons. The number of hydrogen-bond acceptors (Lipinski definition) is 9. The summed E-state index contributed by atoms with van der Waals surface area (Å²) in [6, 6.07) is 11.7. The van der Waals surface area contributed by atoms with E-state index in [1.807, 2.05) is 0 Å². The van der Waals surface area contributed by atoms with Crippen molar-refractivity contribution >= 4 is 53.1 Å². The van der Waals surface area contributed by atoms with Crippen molar-refractivity contribution in [3.8, 4) is 0 Å². The highest BCUT2D eigenvalue weighted by Crippen LogP contribution is 2.28. The van der Waals surface area contributed by atoms with E-state index in [-0.39, 0.29) is 29.2 Å². The number of rotatable bonds is 14. The molecule has 2 aromatic carbocycles. The number of aromatic nitrogens is 3. The highest BCUT2D eigenvalue weighted by molar-refractivity contribution is 7.98. The van der Waals surface area contributed by atoms with Gasteiger partial charge in [0, 0.05) is 53.2 Å². The van der Waals surface area contributed by atoms with Crippen LogP contribution in [0, 0.1) is 11.7 Å². The van der Waals surface area contributed by atoms with Crippen LogP contribution in [0.2, 0.25) is 5.02 Å². The number of carbonyl (C=O) groups is 2. The van der Waals surface area contributed by atoms with Crippen molar-refractivity contribution in [2.45, 2.75) is 82.2 Å². The first-order valence-electron chi connectivity index (χ1n) is 16.0. The van der Waals surface area contributed by atoms with E-state index < -0.39 is 5.97 Å². The second-order valence-electron chi connectivity index (χ2n) is 11.9. The molecule has 1 amide bonds. The standard InChI is InChI=1S/C33H41ClFN7O3S/c34-27-7-4-8-28(35)26(27)20-46-18-17-36-31-40-32(38-24-5-2-1-3-6-24)42-33(41-31)39-25-15-13-22(14-16-25)29(43)37-19-21-9-11-23(12-10-21)30(44)45/h4,7-12,22,24-25H,1-3,5-6,13-20H2,(H,37,43)(H,44,45)(H3,36,38,39,40,41,42). The average Bonchev–Trinajstić information content (AvgIpc) is 3.05. The minimum Gasteiger partial charge on any atom is -0.478 e. The van der Waals surface area contributed by atoms with Gasteiger partial charge in [-0.1, -0.05) is 49.1 Å². The molecule has 1 heterocycles. The number of amides is 1. The highest BCUT2D eigenvalue weighted by Gasteiger charge is 2.27. The number of anilines is 3. The molecule has 0 aliphatic heterocycles. The van der Waals surface area contributed by atoms with E-state index in [0.717, 1.165) is 44.1 Å². The van der Waals surface area contributed by atoms with E-state index in [1.54, 1.807) is 48.2 Å². The maximum Gasteiger partial charge on any atom is 0.335 e. The van der Waals surface area contributed by atoms with Crippen molar-refractivity contribution in [1.29, 1.82) is 0 Å². The first kappa shape index (κ1) is 33.7. The van der Waals surface area contributed by atoms with E-state index in [2.05, 4.69) is 31.2 Å². The van der Waals surface area contributed by atoms with Crippen LogP contribution in [0.5, 0.6) is 0 Å². The topological polar surface area (TPSA) is 141 Å². The van der Waals surface area contributed by atoms with Gasteiger partial charge in [-0.25, -0.2) is 9.18 Å². The fourth-order valence-corrected chi connectivity index (χ4v) is 7.07. The van der Waals surface area contributed by atoms with Gasteiger partial charge in [-0.2, -0.15) is 26.7 Å². The number of benzene rings is 2. The zero-order valence-electron chi connectivity index (χ0n) is 25.7. The van der Waals surface area contributed by atoms with Crippen LogP contribution in [-0.4, -0.2) is 56.3 Å².